The summed E-state index contributed by atoms with van der Waals surface area (Å²) in [5.41, 5.74) is 6.55. The Morgan fingerprint density at radius 2 is 1.92 bits per heavy atom. The normalized spacial score (nSPS) is 12.0. The molecular formula is C17H21I2N3O3. The monoisotopic (exact) mass is 569 g/mol. The van der Waals surface area contributed by atoms with Crippen LogP contribution in [0, 0.1) is 3.57 Å². The van der Waals surface area contributed by atoms with E-state index in [-0.39, 0.29) is 43.1 Å². The maximum Gasteiger partial charge on any atom is 0.193 e. The smallest absolute Gasteiger partial charge is 0.193 e. The molecule has 0 amide bonds. The Morgan fingerprint density at radius 3 is 2.60 bits per heavy atom. The van der Waals surface area contributed by atoms with Crippen molar-refractivity contribution < 1.29 is 14.6 Å². The number of halogens is 2. The fourth-order valence-electron chi connectivity index (χ4n) is 1.91. The summed E-state index contributed by atoms with van der Waals surface area (Å²) >= 11 is 2.22. The molecule has 0 heterocycles. The molecule has 0 aliphatic carbocycles. The molecule has 4 N–H and O–H groups in total. The zero-order chi connectivity index (χ0) is 17.4. The second-order valence-corrected chi connectivity index (χ2v) is 6.22. The van der Waals surface area contributed by atoms with Gasteiger partial charge in [-0.25, -0.2) is 0 Å². The molecule has 6 nitrogen and oxygen atoms in total. The molecule has 0 saturated heterocycles. The molecule has 1 unspecified atom stereocenters. The first kappa shape index (κ1) is 21.8. The van der Waals surface area contributed by atoms with Gasteiger partial charge in [0.2, 0.25) is 0 Å². The van der Waals surface area contributed by atoms with E-state index < -0.39 is 6.10 Å². The highest BCUT2D eigenvalue weighted by Crippen LogP contribution is 2.22. The molecule has 1 atom stereocenters. The number of para-hydroxylation sites is 2. The van der Waals surface area contributed by atoms with Gasteiger partial charge in [0.1, 0.15) is 24.2 Å². The van der Waals surface area contributed by atoms with Crippen LogP contribution in [0.1, 0.15) is 0 Å². The Balaban J connectivity index is 0.00000312. The lowest BCUT2D eigenvalue weighted by atomic mass is 10.3. The molecule has 2 aromatic carbocycles. The number of rotatable bonds is 7. The third-order valence-electron chi connectivity index (χ3n) is 3.10. The lowest BCUT2D eigenvalue weighted by Crippen LogP contribution is -2.27. The Bertz CT molecular complexity index is 681. The average Bonchev–Trinajstić information content (AvgIpc) is 2.60. The summed E-state index contributed by atoms with van der Waals surface area (Å²) in [7, 11) is 1.58. The first-order valence-corrected chi connectivity index (χ1v) is 8.42. The molecule has 0 aliphatic heterocycles. The van der Waals surface area contributed by atoms with Crippen molar-refractivity contribution in [1.82, 2.24) is 0 Å². The Hall–Kier alpha value is -1.27. The van der Waals surface area contributed by atoms with Crippen LogP contribution in [0.25, 0.3) is 0 Å². The van der Waals surface area contributed by atoms with Crippen LogP contribution >= 0.6 is 46.6 Å². The molecule has 0 bridgehead atoms. The number of anilines is 1. The number of aliphatic hydroxyl groups is 1. The Kier molecular flexibility index (Phi) is 9.90. The van der Waals surface area contributed by atoms with E-state index in [2.05, 4.69) is 32.9 Å². The second kappa shape index (κ2) is 11.4. The SMILES string of the molecule is COc1ccccc1NC(N)=NCC(O)COc1ccc(I)cc1.I. The predicted molar refractivity (Wildman–Crippen MR) is 119 cm³/mol. The maximum absolute atomic E-state index is 9.94. The van der Waals surface area contributed by atoms with Gasteiger partial charge in [0.05, 0.1) is 19.3 Å². The quantitative estimate of drug-likeness (QED) is 0.271. The number of nitrogens with zero attached hydrogens (tertiary/aromatic N) is 1. The van der Waals surface area contributed by atoms with Crippen molar-refractivity contribution >= 4 is 58.2 Å². The molecule has 0 spiro atoms. The van der Waals surface area contributed by atoms with E-state index in [1.165, 1.54) is 0 Å². The van der Waals surface area contributed by atoms with E-state index >= 15 is 0 Å². The Labute approximate surface area is 178 Å². The van der Waals surface area contributed by atoms with Gasteiger partial charge in [-0.05, 0) is 59.0 Å². The van der Waals surface area contributed by atoms with Gasteiger partial charge in [0, 0.05) is 3.57 Å². The fraction of sp³-hybridized carbons (Fsp3) is 0.235. The van der Waals surface area contributed by atoms with Crippen LogP contribution in [0.2, 0.25) is 0 Å². The van der Waals surface area contributed by atoms with Gasteiger partial charge in [-0.15, -0.1) is 24.0 Å². The van der Waals surface area contributed by atoms with E-state index in [9.17, 15) is 5.11 Å². The number of nitrogens with one attached hydrogen (secondary N) is 1. The molecular weight excluding hydrogens is 548 g/mol. The van der Waals surface area contributed by atoms with Crippen molar-refractivity contribution in [2.45, 2.75) is 6.10 Å². The van der Waals surface area contributed by atoms with Crippen molar-refractivity contribution in [1.29, 1.82) is 0 Å². The lowest BCUT2D eigenvalue weighted by molar-refractivity contribution is 0.114. The summed E-state index contributed by atoms with van der Waals surface area (Å²) in [4.78, 5) is 4.12. The minimum absolute atomic E-state index is 0. The molecule has 0 aliphatic rings. The van der Waals surface area contributed by atoms with Crippen LogP contribution in [-0.2, 0) is 0 Å². The molecule has 25 heavy (non-hydrogen) atoms. The molecule has 0 fully saturated rings. The van der Waals surface area contributed by atoms with Gasteiger partial charge in [0.25, 0.3) is 0 Å². The van der Waals surface area contributed by atoms with Gasteiger partial charge < -0.3 is 25.6 Å². The van der Waals surface area contributed by atoms with Crippen molar-refractivity contribution in [3.8, 4) is 11.5 Å². The number of hydrogen-bond acceptors (Lipinski definition) is 4. The number of methoxy groups -OCH3 is 1. The van der Waals surface area contributed by atoms with Crippen molar-refractivity contribution in [2.75, 3.05) is 25.6 Å². The highest BCUT2D eigenvalue weighted by molar-refractivity contribution is 14.1. The minimum atomic E-state index is -0.748. The lowest BCUT2D eigenvalue weighted by Gasteiger charge is -2.12. The number of hydrogen-bond donors (Lipinski definition) is 3. The summed E-state index contributed by atoms with van der Waals surface area (Å²) in [6.07, 6.45) is -0.748. The number of benzene rings is 2. The van der Waals surface area contributed by atoms with Gasteiger partial charge >= 0.3 is 0 Å². The van der Waals surface area contributed by atoms with Crippen LogP contribution in [0.4, 0.5) is 5.69 Å². The molecule has 8 heteroatoms. The van der Waals surface area contributed by atoms with E-state index in [1.807, 2.05) is 48.5 Å². The van der Waals surface area contributed by atoms with Crippen LogP contribution in [0.3, 0.4) is 0 Å². The standard InChI is InChI=1S/C17H20IN3O3.HI/c1-23-16-5-3-2-4-15(16)21-17(19)20-10-13(22)11-24-14-8-6-12(18)7-9-14;/h2-9,13,22H,10-11H2,1H3,(H3,19,20,21);1H. The van der Waals surface area contributed by atoms with E-state index in [0.717, 1.165) is 3.57 Å². The predicted octanol–water partition coefficient (Wildman–Crippen LogP) is 3.08. The summed E-state index contributed by atoms with van der Waals surface area (Å²) < 4.78 is 11.9. The topological polar surface area (TPSA) is 89.1 Å². The third-order valence-corrected chi connectivity index (χ3v) is 3.82. The average molecular weight is 569 g/mol. The van der Waals surface area contributed by atoms with Crippen LogP contribution in [0.15, 0.2) is 53.5 Å². The van der Waals surface area contributed by atoms with Crippen LogP contribution in [-0.4, -0.2) is 37.4 Å². The van der Waals surface area contributed by atoms with Crippen molar-refractivity contribution in [2.24, 2.45) is 10.7 Å². The summed E-state index contributed by atoms with van der Waals surface area (Å²) in [5.74, 6) is 1.57. The second-order valence-electron chi connectivity index (χ2n) is 4.97. The van der Waals surface area contributed by atoms with Crippen LogP contribution in [0.5, 0.6) is 11.5 Å². The maximum atomic E-state index is 9.94. The summed E-state index contributed by atoms with van der Waals surface area (Å²) in [6, 6.07) is 15.0. The van der Waals surface area contributed by atoms with E-state index in [0.29, 0.717) is 17.2 Å². The fourth-order valence-corrected chi connectivity index (χ4v) is 2.26. The molecule has 0 aromatic heterocycles. The first-order valence-electron chi connectivity index (χ1n) is 7.35. The molecule has 136 valence electrons. The highest BCUT2D eigenvalue weighted by atomic mass is 127. The van der Waals surface area contributed by atoms with Gasteiger partial charge in [0.15, 0.2) is 5.96 Å². The number of aliphatic imine (C=N–C) groups is 1. The van der Waals surface area contributed by atoms with Crippen molar-refractivity contribution in [3.05, 3.63) is 52.1 Å². The minimum Gasteiger partial charge on any atom is -0.495 e. The van der Waals surface area contributed by atoms with Crippen LogP contribution < -0.4 is 20.5 Å². The molecule has 0 radical (unpaired) electrons. The summed E-state index contributed by atoms with van der Waals surface area (Å²) in [6.45, 7) is 0.282. The number of nitrogens with two attached hydrogens (primary N) is 1. The van der Waals surface area contributed by atoms with E-state index in [1.54, 1.807) is 7.11 Å². The highest BCUT2D eigenvalue weighted by Gasteiger charge is 2.06. The molecule has 2 aromatic rings. The largest absolute Gasteiger partial charge is 0.495 e. The third kappa shape index (κ3) is 7.65. The number of ether oxygens (including phenoxy) is 2. The zero-order valence-corrected chi connectivity index (χ0v) is 18.2. The molecule has 2 rings (SSSR count). The van der Waals surface area contributed by atoms with Gasteiger partial charge in [-0.1, -0.05) is 12.1 Å². The zero-order valence-electron chi connectivity index (χ0n) is 13.7. The van der Waals surface area contributed by atoms with Crippen molar-refractivity contribution in [3.63, 3.8) is 0 Å². The summed E-state index contributed by atoms with van der Waals surface area (Å²) in [5, 5.41) is 12.9. The van der Waals surface area contributed by atoms with E-state index in [4.69, 9.17) is 15.2 Å². The number of guanidine groups is 1. The van der Waals surface area contributed by atoms with Gasteiger partial charge in [-0.3, -0.25) is 4.99 Å². The van der Waals surface area contributed by atoms with Gasteiger partial charge in [-0.2, -0.15) is 0 Å². The molecule has 0 saturated carbocycles. The number of aliphatic hydroxyl groups excluding tert-OH is 1. The Morgan fingerprint density at radius 1 is 1.24 bits per heavy atom. The first-order chi connectivity index (χ1) is 11.6.